The zero-order valence-corrected chi connectivity index (χ0v) is 15.9. The standard InChI is InChI=1S/C22H32O3/c1-19-11-14-12-6-7-13-5-4-8-21(13,10-12)20(19,2)17(14)18-15(23)9-16(25-3)22(18,19)24/h12-14,16-18,24H,4-11H2,1-3H3/t12-,13-,14-,16-,17+,18-,19+,20+,21-,22-/m1/s1. The molecule has 6 fully saturated rings. The molecule has 6 rings (SSSR count). The first-order chi connectivity index (χ1) is 11.8. The molecular weight excluding hydrogens is 312 g/mol. The number of rotatable bonds is 1. The number of hydrogen-bond acceptors (Lipinski definition) is 3. The molecule has 0 amide bonds. The molecule has 25 heavy (non-hydrogen) atoms. The molecule has 138 valence electrons. The molecule has 0 aliphatic heterocycles. The van der Waals surface area contributed by atoms with Gasteiger partial charge in [0.2, 0.25) is 0 Å². The second-order valence-corrected chi connectivity index (χ2v) is 10.9. The van der Waals surface area contributed by atoms with Crippen LogP contribution in [-0.2, 0) is 9.53 Å². The Morgan fingerprint density at radius 1 is 1.16 bits per heavy atom. The molecule has 6 saturated carbocycles. The van der Waals surface area contributed by atoms with E-state index in [0.717, 1.165) is 18.3 Å². The van der Waals surface area contributed by atoms with Gasteiger partial charge >= 0.3 is 0 Å². The van der Waals surface area contributed by atoms with E-state index in [1.165, 1.54) is 38.5 Å². The number of ketones is 1. The summed E-state index contributed by atoms with van der Waals surface area (Å²) in [6, 6.07) is 0. The molecule has 6 bridgehead atoms. The Balaban J connectivity index is 1.62. The fraction of sp³-hybridized carbons (Fsp3) is 0.955. The summed E-state index contributed by atoms with van der Waals surface area (Å²) in [5.41, 5.74) is -0.626. The molecule has 1 N–H and O–H groups in total. The Labute approximate surface area is 150 Å². The zero-order chi connectivity index (χ0) is 17.4. The average Bonchev–Trinajstić information content (AvgIpc) is 3.22. The summed E-state index contributed by atoms with van der Waals surface area (Å²) in [7, 11) is 1.69. The summed E-state index contributed by atoms with van der Waals surface area (Å²) in [6.45, 7) is 4.86. The minimum absolute atomic E-state index is 0.106. The summed E-state index contributed by atoms with van der Waals surface area (Å²) in [6.07, 6.45) is 9.44. The van der Waals surface area contributed by atoms with E-state index in [1.807, 2.05) is 0 Å². The highest BCUT2D eigenvalue weighted by Gasteiger charge is 2.88. The van der Waals surface area contributed by atoms with Crippen molar-refractivity contribution < 1.29 is 14.6 Å². The number of carbonyl (C=O) groups is 1. The van der Waals surface area contributed by atoms with E-state index in [2.05, 4.69) is 13.8 Å². The van der Waals surface area contributed by atoms with Gasteiger partial charge in [-0.1, -0.05) is 20.3 Å². The number of Topliss-reactive ketones (excluding diaryl/α,β-unsaturated/α-hetero) is 1. The first kappa shape index (κ1) is 15.6. The quantitative estimate of drug-likeness (QED) is 0.791. The van der Waals surface area contributed by atoms with Crippen molar-refractivity contribution in [3.63, 3.8) is 0 Å². The third kappa shape index (κ3) is 1.23. The maximum absolute atomic E-state index is 13.1. The van der Waals surface area contributed by atoms with Crippen molar-refractivity contribution in [1.82, 2.24) is 0 Å². The number of hydrogen-bond donors (Lipinski definition) is 1. The van der Waals surface area contributed by atoms with Crippen LogP contribution in [0.25, 0.3) is 0 Å². The second-order valence-electron chi connectivity index (χ2n) is 10.9. The minimum atomic E-state index is -0.936. The summed E-state index contributed by atoms with van der Waals surface area (Å²) in [4.78, 5) is 13.1. The normalized spacial score (nSPS) is 66.8. The van der Waals surface area contributed by atoms with Crippen molar-refractivity contribution in [2.75, 3.05) is 7.11 Å². The van der Waals surface area contributed by atoms with Crippen molar-refractivity contribution >= 4 is 5.78 Å². The number of carbonyl (C=O) groups excluding carboxylic acids is 1. The molecule has 10 atom stereocenters. The van der Waals surface area contributed by atoms with E-state index in [1.54, 1.807) is 7.11 Å². The monoisotopic (exact) mass is 344 g/mol. The van der Waals surface area contributed by atoms with Gasteiger partial charge in [0.25, 0.3) is 0 Å². The van der Waals surface area contributed by atoms with Gasteiger partial charge in [-0.25, -0.2) is 0 Å². The summed E-state index contributed by atoms with van der Waals surface area (Å²) >= 11 is 0. The van der Waals surface area contributed by atoms with Gasteiger partial charge in [-0.05, 0) is 73.0 Å². The van der Waals surface area contributed by atoms with Crippen LogP contribution in [0.5, 0.6) is 0 Å². The average molecular weight is 344 g/mol. The third-order valence-corrected chi connectivity index (χ3v) is 11.3. The third-order valence-electron chi connectivity index (χ3n) is 11.3. The van der Waals surface area contributed by atoms with E-state index < -0.39 is 5.60 Å². The lowest BCUT2D eigenvalue weighted by molar-refractivity contribution is -0.192. The van der Waals surface area contributed by atoms with Gasteiger partial charge in [0.05, 0.1) is 12.0 Å². The summed E-state index contributed by atoms with van der Waals surface area (Å²) in [5, 5.41) is 12.1. The van der Waals surface area contributed by atoms with Crippen molar-refractivity contribution in [3.05, 3.63) is 0 Å². The number of aliphatic hydroxyl groups is 1. The molecular formula is C22H32O3. The lowest BCUT2D eigenvalue weighted by atomic mass is 9.42. The van der Waals surface area contributed by atoms with Crippen LogP contribution in [0, 0.1) is 45.8 Å². The van der Waals surface area contributed by atoms with Crippen LogP contribution in [0.2, 0.25) is 0 Å². The lowest BCUT2D eigenvalue weighted by Crippen LogP contribution is -2.60. The van der Waals surface area contributed by atoms with Crippen molar-refractivity contribution in [3.8, 4) is 0 Å². The first-order valence-electron chi connectivity index (χ1n) is 10.6. The van der Waals surface area contributed by atoms with Crippen LogP contribution in [0.15, 0.2) is 0 Å². The van der Waals surface area contributed by atoms with Crippen molar-refractivity contribution in [2.45, 2.75) is 76.9 Å². The first-order valence-corrected chi connectivity index (χ1v) is 10.6. The zero-order valence-electron chi connectivity index (χ0n) is 15.9. The highest BCUT2D eigenvalue weighted by molar-refractivity contribution is 5.88. The van der Waals surface area contributed by atoms with Gasteiger partial charge in [-0.15, -0.1) is 0 Å². The van der Waals surface area contributed by atoms with Gasteiger partial charge in [-0.3, -0.25) is 4.79 Å². The second kappa shape index (κ2) is 4.19. The van der Waals surface area contributed by atoms with E-state index in [9.17, 15) is 9.90 Å². The number of fused-ring (bicyclic) bond motifs is 4. The van der Waals surface area contributed by atoms with Crippen LogP contribution in [0.4, 0.5) is 0 Å². The van der Waals surface area contributed by atoms with Gasteiger partial charge < -0.3 is 9.84 Å². The Hall–Kier alpha value is -0.410. The van der Waals surface area contributed by atoms with Crippen LogP contribution in [-0.4, -0.2) is 29.7 Å². The van der Waals surface area contributed by atoms with E-state index in [-0.39, 0.29) is 22.9 Å². The fourth-order valence-electron chi connectivity index (χ4n) is 10.5. The Bertz CT molecular complexity index is 674. The van der Waals surface area contributed by atoms with E-state index >= 15 is 0 Å². The highest BCUT2D eigenvalue weighted by atomic mass is 16.5. The van der Waals surface area contributed by atoms with Crippen LogP contribution in [0.1, 0.15) is 65.2 Å². The molecule has 6 aliphatic carbocycles. The van der Waals surface area contributed by atoms with Gasteiger partial charge in [-0.2, -0.15) is 0 Å². The lowest BCUT2D eigenvalue weighted by Gasteiger charge is -2.62. The van der Waals surface area contributed by atoms with E-state index in [4.69, 9.17) is 4.74 Å². The molecule has 0 radical (unpaired) electrons. The number of ether oxygens (including phenoxy) is 1. The number of methoxy groups -OCH3 is 1. The maximum atomic E-state index is 13.1. The van der Waals surface area contributed by atoms with Gasteiger partial charge in [0.1, 0.15) is 11.4 Å². The topological polar surface area (TPSA) is 46.5 Å². The maximum Gasteiger partial charge on any atom is 0.141 e. The Kier molecular flexibility index (Phi) is 2.62. The SMILES string of the molecule is CO[C@@H]1CC(=O)[C@@H]2[C@@H]3[C@@H]4C[C@](C)([C@]21O)[C@@]3(C)[C@@]12CCC[C@@H]1CC[C@@H]4C2. The fourth-order valence-corrected chi connectivity index (χ4v) is 10.5. The van der Waals surface area contributed by atoms with Gasteiger partial charge in [0.15, 0.2) is 0 Å². The predicted molar refractivity (Wildman–Crippen MR) is 93.8 cm³/mol. The molecule has 0 aromatic heterocycles. The minimum Gasteiger partial charge on any atom is -0.386 e. The molecule has 0 unspecified atom stereocenters. The molecule has 3 nitrogen and oxygen atoms in total. The van der Waals surface area contributed by atoms with Crippen molar-refractivity contribution in [2.24, 2.45) is 45.8 Å². The molecule has 6 aliphatic rings. The Morgan fingerprint density at radius 3 is 2.72 bits per heavy atom. The summed E-state index contributed by atoms with van der Waals surface area (Å²) < 4.78 is 5.76. The van der Waals surface area contributed by atoms with E-state index in [0.29, 0.717) is 29.5 Å². The molecule has 0 aromatic rings. The largest absolute Gasteiger partial charge is 0.386 e. The van der Waals surface area contributed by atoms with Crippen LogP contribution in [0.3, 0.4) is 0 Å². The molecule has 0 aromatic carbocycles. The molecule has 0 heterocycles. The molecule has 0 saturated heterocycles. The molecule has 1 spiro atoms. The van der Waals surface area contributed by atoms with Crippen molar-refractivity contribution in [1.29, 1.82) is 0 Å². The molecule has 3 heteroatoms. The Morgan fingerprint density at radius 2 is 1.96 bits per heavy atom. The predicted octanol–water partition coefficient (Wildman–Crippen LogP) is 3.58. The van der Waals surface area contributed by atoms with Crippen LogP contribution < -0.4 is 0 Å². The summed E-state index contributed by atoms with van der Waals surface area (Å²) in [5.74, 6) is 2.82. The van der Waals surface area contributed by atoms with Crippen LogP contribution >= 0.6 is 0 Å². The smallest absolute Gasteiger partial charge is 0.141 e. The van der Waals surface area contributed by atoms with Gasteiger partial charge in [0, 0.05) is 18.9 Å². The highest BCUT2D eigenvalue weighted by Crippen LogP contribution is 2.88.